The number of pyridine rings is 1. The van der Waals surface area contributed by atoms with Gasteiger partial charge in [-0.15, -0.1) is 0 Å². The minimum Gasteiger partial charge on any atom is -0.437 e. The molecular weight excluding hydrogens is 340 g/mol. The second-order valence-corrected chi connectivity index (χ2v) is 5.89. The highest BCUT2D eigenvalue weighted by Gasteiger charge is 2.12. The number of hydrogen-bond donors (Lipinski definition) is 1. The van der Waals surface area contributed by atoms with Crippen LogP contribution >= 0.6 is 27.5 Å². The van der Waals surface area contributed by atoms with Crippen molar-refractivity contribution in [3.8, 4) is 11.6 Å². The van der Waals surface area contributed by atoms with Crippen molar-refractivity contribution in [1.29, 1.82) is 0 Å². The predicted octanol–water partition coefficient (Wildman–Crippen LogP) is 4.63. The van der Waals surface area contributed by atoms with E-state index in [0.717, 1.165) is 21.3 Å². The van der Waals surface area contributed by atoms with E-state index in [0.29, 0.717) is 23.2 Å². The van der Waals surface area contributed by atoms with E-state index in [-0.39, 0.29) is 0 Å². The van der Waals surface area contributed by atoms with Crippen LogP contribution in [0.15, 0.2) is 28.7 Å². The van der Waals surface area contributed by atoms with Crippen LogP contribution in [0.5, 0.6) is 11.6 Å². The molecule has 2 rings (SSSR count). The number of hydrogen-bond acceptors (Lipinski definition) is 3. The quantitative estimate of drug-likeness (QED) is 0.868. The summed E-state index contributed by atoms with van der Waals surface area (Å²) in [6.07, 6.45) is 0. The zero-order chi connectivity index (χ0) is 14.7. The first-order valence-electron chi connectivity index (χ1n) is 6.26. The lowest BCUT2D eigenvalue weighted by Crippen LogP contribution is -2.09. The number of nitrogens with one attached hydrogen (secondary N) is 1. The number of ether oxygens (including phenoxy) is 1. The highest BCUT2D eigenvalue weighted by atomic mass is 79.9. The van der Waals surface area contributed by atoms with Crippen molar-refractivity contribution in [2.45, 2.75) is 20.4 Å². The van der Waals surface area contributed by atoms with E-state index in [1.807, 2.05) is 32.2 Å². The van der Waals surface area contributed by atoms with Crippen LogP contribution in [0.3, 0.4) is 0 Å². The van der Waals surface area contributed by atoms with Crippen molar-refractivity contribution in [3.05, 3.63) is 50.6 Å². The first-order chi connectivity index (χ1) is 9.51. The summed E-state index contributed by atoms with van der Waals surface area (Å²) in [5, 5.41) is 3.69. The van der Waals surface area contributed by atoms with E-state index in [1.165, 1.54) is 0 Å². The molecule has 0 bridgehead atoms. The zero-order valence-electron chi connectivity index (χ0n) is 11.6. The lowest BCUT2D eigenvalue weighted by atomic mass is 10.1. The van der Waals surface area contributed by atoms with Gasteiger partial charge >= 0.3 is 0 Å². The summed E-state index contributed by atoms with van der Waals surface area (Å²) in [6.45, 7) is 4.70. The molecule has 5 heteroatoms. The molecule has 1 aromatic carbocycles. The number of benzene rings is 1. The Morgan fingerprint density at radius 3 is 2.70 bits per heavy atom. The number of nitrogens with zero attached hydrogens (tertiary/aromatic N) is 1. The summed E-state index contributed by atoms with van der Waals surface area (Å²) in [6, 6.07) is 7.57. The van der Waals surface area contributed by atoms with Gasteiger partial charge in [0.25, 0.3) is 0 Å². The van der Waals surface area contributed by atoms with Crippen molar-refractivity contribution >= 4 is 27.5 Å². The van der Waals surface area contributed by atoms with Gasteiger partial charge in [0.1, 0.15) is 5.75 Å². The molecule has 0 aliphatic rings. The number of rotatable bonds is 4. The molecule has 0 fully saturated rings. The second kappa shape index (κ2) is 6.57. The number of halogens is 2. The fraction of sp³-hybridized carbons (Fsp3) is 0.267. The molecule has 1 heterocycles. The maximum Gasteiger partial charge on any atom is 0.224 e. The SMILES string of the molecule is CNCc1c(C)cc(C)nc1Oc1ccc(Br)cc1Cl. The summed E-state index contributed by atoms with van der Waals surface area (Å²) in [4.78, 5) is 4.48. The average Bonchev–Trinajstić information content (AvgIpc) is 2.37. The molecule has 0 amide bonds. The predicted molar refractivity (Wildman–Crippen MR) is 85.7 cm³/mol. The van der Waals surface area contributed by atoms with Crippen LogP contribution in [-0.4, -0.2) is 12.0 Å². The lowest BCUT2D eigenvalue weighted by molar-refractivity contribution is 0.452. The third-order valence-corrected chi connectivity index (χ3v) is 3.68. The number of aryl methyl sites for hydroxylation is 2. The molecule has 0 spiro atoms. The Bertz CT molecular complexity index is 632. The molecule has 0 atom stereocenters. The first-order valence-corrected chi connectivity index (χ1v) is 7.43. The Balaban J connectivity index is 2.41. The summed E-state index contributed by atoms with van der Waals surface area (Å²) >= 11 is 9.57. The molecule has 20 heavy (non-hydrogen) atoms. The van der Waals surface area contributed by atoms with E-state index >= 15 is 0 Å². The minimum absolute atomic E-state index is 0.552. The Kier molecular flexibility index (Phi) is 5.02. The molecule has 0 saturated carbocycles. The van der Waals surface area contributed by atoms with Crippen molar-refractivity contribution in [2.75, 3.05) is 7.05 Å². The Morgan fingerprint density at radius 1 is 1.30 bits per heavy atom. The van der Waals surface area contributed by atoms with Crippen LogP contribution < -0.4 is 10.1 Å². The van der Waals surface area contributed by atoms with Gasteiger partial charge in [-0.25, -0.2) is 4.98 Å². The van der Waals surface area contributed by atoms with Crippen molar-refractivity contribution in [2.24, 2.45) is 0 Å². The van der Waals surface area contributed by atoms with Crippen molar-refractivity contribution in [3.63, 3.8) is 0 Å². The molecule has 106 valence electrons. The summed E-state index contributed by atoms with van der Waals surface area (Å²) in [7, 11) is 1.90. The third-order valence-electron chi connectivity index (χ3n) is 2.89. The van der Waals surface area contributed by atoms with Crippen LogP contribution in [-0.2, 0) is 6.54 Å². The van der Waals surface area contributed by atoms with E-state index in [1.54, 1.807) is 6.07 Å². The maximum absolute atomic E-state index is 6.19. The van der Waals surface area contributed by atoms with Crippen molar-refractivity contribution < 1.29 is 4.74 Å². The van der Waals surface area contributed by atoms with Crippen LogP contribution in [0, 0.1) is 13.8 Å². The van der Waals surface area contributed by atoms with Crippen LogP contribution in [0.2, 0.25) is 5.02 Å². The Hall–Kier alpha value is -1.10. The molecule has 1 aromatic heterocycles. The maximum atomic E-state index is 6.19. The van der Waals surface area contributed by atoms with Crippen LogP contribution in [0.1, 0.15) is 16.8 Å². The topological polar surface area (TPSA) is 34.2 Å². The highest BCUT2D eigenvalue weighted by Crippen LogP contribution is 2.33. The molecule has 0 unspecified atom stereocenters. The highest BCUT2D eigenvalue weighted by molar-refractivity contribution is 9.10. The summed E-state index contributed by atoms with van der Waals surface area (Å²) in [5.41, 5.74) is 3.11. The molecule has 0 aliphatic carbocycles. The monoisotopic (exact) mass is 354 g/mol. The van der Waals surface area contributed by atoms with Crippen LogP contribution in [0.4, 0.5) is 0 Å². The van der Waals surface area contributed by atoms with Crippen LogP contribution in [0.25, 0.3) is 0 Å². The molecule has 0 saturated heterocycles. The average molecular weight is 356 g/mol. The Labute approximate surface area is 132 Å². The molecule has 2 aromatic rings. The smallest absolute Gasteiger partial charge is 0.224 e. The van der Waals surface area contributed by atoms with E-state index in [2.05, 4.69) is 33.2 Å². The van der Waals surface area contributed by atoms with Gasteiger partial charge in [0.15, 0.2) is 0 Å². The van der Waals surface area contributed by atoms with Gasteiger partial charge in [0.05, 0.1) is 5.02 Å². The third kappa shape index (κ3) is 3.51. The van der Waals surface area contributed by atoms with Gasteiger partial charge in [0, 0.05) is 22.3 Å². The fourth-order valence-corrected chi connectivity index (χ4v) is 2.68. The summed E-state index contributed by atoms with van der Waals surface area (Å²) in [5.74, 6) is 1.20. The van der Waals surface area contributed by atoms with Gasteiger partial charge in [-0.2, -0.15) is 0 Å². The zero-order valence-corrected chi connectivity index (χ0v) is 14.0. The van der Waals surface area contributed by atoms with E-state index in [9.17, 15) is 0 Å². The Morgan fingerprint density at radius 2 is 2.05 bits per heavy atom. The molecule has 1 N–H and O–H groups in total. The normalized spacial score (nSPS) is 10.7. The largest absolute Gasteiger partial charge is 0.437 e. The van der Waals surface area contributed by atoms with Gasteiger partial charge in [0.2, 0.25) is 5.88 Å². The lowest BCUT2D eigenvalue weighted by Gasteiger charge is -2.14. The molecule has 0 radical (unpaired) electrons. The van der Waals surface area contributed by atoms with E-state index in [4.69, 9.17) is 16.3 Å². The van der Waals surface area contributed by atoms with Crippen molar-refractivity contribution in [1.82, 2.24) is 10.3 Å². The van der Waals surface area contributed by atoms with Gasteiger partial charge in [-0.05, 0) is 50.7 Å². The standard InChI is InChI=1S/C15H16BrClN2O/c1-9-6-10(2)19-15(12(9)8-18-3)20-14-5-4-11(16)7-13(14)17/h4-7,18H,8H2,1-3H3. The second-order valence-electron chi connectivity index (χ2n) is 4.57. The van der Waals surface area contributed by atoms with Gasteiger partial charge < -0.3 is 10.1 Å². The minimum atomic E-state index is 0.552. The number of aromatic nitrogens is 1. The van der Waals surface area contributed by atoms with Gasteiger partial charge in [-0.3, -0.25) is 0 Å². The molecule has 3 nitrogen and oxygen atoms in total. The van der Waals surface area contributed by atoms with E-state index < -0.39 is 0 Å². The first kappa shape index (κ1) is 15.3. The van der Waals surface area contributed by atoms with Gasteiger partial charge in [-0.1, -0.05) is 27.5 Å². The molecular formula is C15H16BrClN2O. The fourth-order valence-electron chi connectivity index (χ4n) is 1.97. The molecule has 0 aliphatic heterocycles. The summed E-state index contributed by atoms with van der Waals surface area (Å²) < 4.78 is 6.82.